The van der Waals surface area contributed by atoms with Crippen LogP contribution in [0.25, 0.3) is 10.9 Å². The molecule has 1 saturated heterocycles. The van der Waals surface area contributed by atoms with E-state index in [4.69, 9.17) is 4.74 Å². The molecule has 1 N–H and O–H groups in total. The molecule has 1 aliphatic rings. The average molecular weight is 372 g/mol. The Kier molecular flexibility index (Phi) is 6.58. The molecule has 3 rings (SSSR count). The van der Waals surface area contributed by atoms with Gasteiger partial charge in [-0.05, 0) is 18.1 Å². The first-order valence-corrected chi connectivity index (χ1v) is 9.58. The van der Waals surface area contributed by atoms with Crippen molar-refractivity contribution in [3.05, 3.63) is 40.7 Å². The van der Waals surface area contributed by atoms with Gasteiger partial charge in [-0.25, -0.2) is 0 Å². The number of hydrogen-bond acceptors (Lipinski definition) is 5. The van der Waals surface area contributed by atoms with Crippen molar-refractivity contribution < 1.29 is 9.53 Å². The fourth-order valence-electron chi connectivity index (χ4n) is 3.45. The molecule has 0 spiro atoms. The predicted octanol–water partition coefficient (Wildman–Crippen LogP) is 1.26. The molecule has 1 unspecified atom stereocenters. The van der Waals surface area contributed by atoms with Gasteiger partial charge in [0, 0.05) is 38.0 Å². The van der Waals surface area contributed by atoms with Crippen molar-refractivity contribution in [1.82, 2.24) is 20.0 Å². The molecule has 1 amide bonds. The molecule has 7 heteroatoms. The van der Waals surface area contributed by atoms with E-state index in [1.165, 1.54) is 6.20 Å². The topological polar surface area (TPSA) is 76.5 Å². The normalized spacial score (nSPS) is 18.1. The van der Waals surface area contributed by atoms with E-state index < -0.39 is 0 Å². The van der Waals surface area contributed by atoms with Crippen LogP contribution in [0.2, 0.25) is 0 Å². The number of ether oxygens (including phenoxy) is 1. The van der Waals surface area contributed by atoms with Gasteiger partial charge in [0.1, 0.15) is 0 Å². The standard InChI is InChI=1S/C20H28N4O3/c1-15(2)13-23-9-10-27-16(14-23)11-21-20(26)7-8-24-18-6-4-3-5-17(18)19(25)12-22-24/h3-6,12,15-16H,7-11,13-14H2,1-2H3,(H,21,26). The largest absolute Gasteiger partial charge is 0.374 e. The van der Waals surface area contributed by atoms with Crippen molar-refractivity contribution in [3.8, 4) is 0 Å². The zero-order valence-corrected chi connectivity index (χ0v) is 16.1. The van der Waals surface area contributed by atoms with Crippen molar-refractivity contribution in [1.29, 1.82) is 0 Å². The lowest BCUT2D eigenvalue weighted by Gasteiger charge is -2.33. The molecule has 0 radical (unpaired) electrons. The van der Waals surface area contributed by atoms with Crippen LogP contribution in [-0.4, -0.2) is 59.5 Å². The Morgan fingerprint density at radius 3 is 3.00 bits per heavy atom. The highest BCUT2D eigenvalue weighted by Gasteiger charge is 2.21. The number of carbonyl (C=O) groups excluding carboxylic acids is 1. The number of nitrogens with one attached hydrogen (secondary N) is 1. The SMILES string of the molecule is CC(C)CN1CCOC(CNC(=O)CCn2ncc(=O)c3ccccc32)C1. The van der Waals surface area contributed by atoms with Crippen molar-refractivity contribution in [2.75, 3.05) is 32.8 Å². The molecule has 1 fully saturated rings. The maximum Gasteiger partial charge on any atom is 0.221 e. The minimum Gasteiger partial charge on any atom is -0.374 e. The summed E-state index contributed by atoms with van der Waals surface area (Å²) >= 11 is 0. The number of nitrogens with zero attached hydrogens (tertiary/aromatic N) is 3. The Bertz CT molecular complexity index is 833. The maximum absolute atomic E-state index is 12.2. The van der Waals surface area contributed by atoms with Gasteiger partial charge in [-0.15, -0.1) is 0 Å². The summed E-state index contributed by atoms with van der Waals surface area (Å²) in [6.07, 6.45) is 1.65. The number of fused-ring (bicyclic) bond motifs is 1. The van der Waals surface area contributed by atoms with Gasteiger partial charge in [-0.1, -0.05) is 26.0 Å². The minimum absolute atomic E-state index is 0.0350. The predicted molar refractivity (Wildman–Crippen MR) is 105 cm³/mol. The van der Waals surface area contributed by atoms with Crippen LogP contribution >= 0.6 is 0 Å². The minimum atomic E-state index is -0.105. The van der Waals surface area contributed by atoms with Crippen molar-refractivity contribution in [3.63, 3.8) is 0 Å². The second-order valence-corrected chi connectivity index (χ2v) is 7.45. The van der Waals surface area contributed by atoms with Crippen molar-refractivity contribution >= 4 is 16.8 Å². The second kappa shape index (κ2) is 9.10. The molecule has 2 heterocycles. The number of morpholine rings is 1. The molecule has 27 heavy (non-hydrogen) atoms. The third kappa shape index (κ3) is 5.37. The van der Waals surface area contributed by atoms with Gasteiger partial charge in [0.25, 0.3) is 0 Å². The summed E-state index contributed by atoms with van der Waals surface area (Å²) in [5.74, 6) is 0.586. The molecule has 7 nitrogen and oxygen atoms in total. The van der Waals surface area contributed by atoms with Gasteiger partial charge < -0.3 is 10.1 Å². The van der Waals surface area contributed by atoms with E-state index in [-0.39, 0.29) is 17.4 Å². The molecular weight excluding hydrogens is 344 g/mol. The highest BCUT2D eigenvalue weighted by atomic mass is 16.5. The molecule has 1 aromatic heterocycles. The van der Waals surface area contributed by atoms with Crippen molar-refractivity contribution in [2.24, 2.45) is 5.92 Å². The summed E-state index contributed by atoms with van der Waals surface area (Å²) in [5, 5.41) is 7.74. The summed E-state index contributed by atoms with van der Waals surface area (Å²) < 4.78 is 7.47. The van der Waals surface area contributed by atoms with Gasteiger partial charge in [0.05, 0.1) is 31.0 Å². The molecule has 2 aromatic rings. The summed E-state index contributed by atoms with van der Waals surface area (Å²) in [6.45, 7) is 8.93. The number of rotatable bonds is 7. The number of aromatic nitrogens is 2. The van der Waals surface area contributed by atoms with Crippen molar-refractivity contribution in [2.45, 2.75) is 32.9 Å². The quantitative estimate of drug-likeness (QED) is 0.792. The molecule has 1 aliphatic heterocycles. The highest BCUT2D eigenvalue weighted by molar-refractivity contribution is 5.79. The molecule has 0 bridgehead atoms. The summed E-state index contributed by atoms with van der Waals surface area (Å²) in [7, 11) is 0. The zero-order chi connectivity index (χ0) is 19.2. The van der Waals surface area contributed by atoms with E-state index in [1.54, 1.807) is 10.7 Å². The van der Waals surface area contributed by atoms with Gasteiger partial charge in [0.2, 0.25) is 11.3 Å². The lowest BCUT2D eigenvalue weighted by molar-refractivity contribution is -0.122. The summed E-state index contributed by atoms with van der Waals surface area (Å²) in [4.78, 5) is 26.5. The summed E-state index contributed by atoms with van der Waals surface area (Å²) in [6, 6.07) is 7.32. The molecule has 146 valence electrons. The van der Waals surface area contributed by atoms with E-state index in [0.717, 1.165) is 25.2 Å². The van der Waals surface area contributed by atoms with E-state index in [0.29, 0.717) is 37.4 Å². The van der Waals surface area contributed by atoms with Crippen LogP contribution in [-0.2, 0) is 16.1 Å². The van der Waals surface area contributed by atoms with Crippen LogP contribution in [0.4, 0.5) is 0 Å². The lowest BCUT2D eigenvalue weighted by Crippen LogP contribution is -2.48. The fraction of sp³-hybridized carbons (Fsp3) is 0.550. The first-order chi connectivity index (χ1) is 13.0. The number of para-hydroxylation sites is 1. The van der Waals surface area contributed by atoms with E-state index in [9.17, 15) is 9.59 Å². The zero-order valence-electron chi connectivity index (χ0n) is 16.1. The molecule has 1 aromatic carbocycles. The molecule has 0 aliphatic carbocycles. The second-order valence-electron chi connectivity index (χ2n) is 7.45. The number of aryl methyl sites for hydroxylation is 1. The van der Waals surface area contributed by atoms with Crippen LogP contribution in [0.5, 0.6) is 0 Å². The number of hydrogen-bond donors (Lipinski definition) is 1. The van der Waals surface area contributed by atoms with E-state index in [2.05, 4.69) is 29.2 Å². The third-order valence-electron chi connectivity index (χ3n) is 4.69. The van der Waals surface area contributed by atoms with Gasteiger partial charge in [0.15, 0.2) is 0 Å². The Morgan fingerprint density at radius 2 is 2.19 bits per heavy atom. The van der Waals surface area contributed by atoms with Gasteiger partial charge in [-0.2, -0.15) is 5.10 Å². The first kappa shape index (κ1) is 19.5. The van der Waals surface area contributed by atoms with Gasteiger partial charge in [-0.3, -0.25) is 19.2 Å². The molecule has 1 atom stereocenters. The molecular formula is C20H28N4O3. The monoisotopic (exact) mass is 372 g/mol. The maximum atomic E-state index is 12.2. The smallest absolute Gasteiger partial charge is 0.221 e. The fourth-order valence-corrected chi connectivity index (χ4v) is 3.45. The number of carbonyl (C=O) groups is 1. The Hall–Kier alpha value is -2.25. The average Bonchev–Trinajstić information content (AvgIpc) is 2.66. The van der Waals surface area contributed by atoms with E-state index >= 15 is 0 Å². The van der Waals surface area contributed by atoms with Crippen LogP contribution in [0.3, 0.4) is 0 Å². The van der Waals surface area contributed by atoms with Crippen LogP contribution < -0.4 is 10.7 Å². The highest BCUT2D eigenvalue weighted by Crippen LogP contribution is 2.09. The third-order valence-corrected chi connectivity index (χ3v) is 4.69. The first-order valence-electron chi connectivity index (χ1n) is 9.58. The summed E-state index contributed by atoms with van der Waals surface area (Å²) in [5.41, 5.74) is 0.643. The van der Waals surface area contributed by atoms with Crippen LogP contribution in [0, 0.1) is 5.92 Å². The Balaban J connectivity index is 1.49. The Morgan fingerprint density at radius 1 is 1.37 bits per heavy atom. The van der Waals surface area contributed by atoms with Gasteiger partial charge >= 0.3 is 0 Å². The number of benzene rings is 1. The number of amides is 1. The van der Waals surface area contributed by atoms with Crippen LogP contribution in [0.1, 0.15) is 20.3 Å². The lowest BCUT2D eigenvalue weighted by atomic mass is 10.2. The molecule has 0 saturated carbocycles. The Labute approximate surface area is 159 Å². The van der Waals surface area contributed by atoms with E-state index in [1.807, 2.05) is 18.2 Å². The van der Waals surface area contributed by atoms with Crippen LogP contribution in [0.15, 0.2) is 35.3 Å².